The van der Waals surface area contributed by atoms with E-state index in [1.807, 2.05) is 0 Å². The van der Waals surface area contributed by atoms with Gasteiger partial charge in [-0.25, -0.2) is 4.39 Å². The van der Waals surface area contributed by atoms with E-state index in [0.29, 0.717) is 31.9 Å². The van der Waals surface area contributed by atoms with Gasteiger partial charge in [0.15, 0.2) is 0 Å². The number of terminal acetylenes is 1. The molecule has 0 fully saturated rings. The highest BCUT2D eigenvalue weighted by atomic mass is 19.1. The van der Waals surface area contributed by atoms with Crippen LogP contribution in [0.15, 0.2) is 24.3 Å². The number of benzene rings is 1. The zero-order valence-electron chi connectivity index (χ0n) is 8.50. The van der Waals surface area contributed by atoms with Gasteiger partial charge in [0.1, 0.15) is 5.82 Å². The normalized spacial score (nSPS) is 9.87. The van der Waals surface area contributed by atoms with Gasteiger partial charge in [-0.05, 0) is 6.07 Å². The minimum absolute atomic E-state index is 0.228. The third-order valence-electron chi connectivity index (χ3n) is 1.87. The van der Waals surface area contributed by atoms with E-state index in [4.69, 9.17) is 11.2 Å². The molecule has 0 bridgehead atoms. The van der Waals surface area contributed by atoms with Crippen LogP contribution in [0.4, 0.5) is 4.39 Å². The van der Waals surface area contributed by atoms with Crippen molar-refractivity contribution in [3.63, 3.8) is 0 Å². The number of ether oxygens (including phenoxy) is 1. The number of rotatable bonds is 6. The Morgan fingerprint density at radius 3 is 2.93 bits per heavy atom. The van der Waals surface area contributed by atoms with E-state index in [0.717, 1.165) is 0 Å². The summed E-state index contributed by atoms with van der Waals surface area (Å²) in [6.45, 7) is 2.03. The highest BCUT2D eigenvalue weighted by Crippen LogP contribution is 2.06. The number of nitrogens with one attached hydrogen (secondary N) is 1. The molecule has 3 heteroatoms. The molecule has 15 heavy (non-hydrogen) atoms. The Morgan fingerprint density at radius 1 is 1.40 bits per heavy atom. The van der Waals surface area contributed by atoms with Crippen LogP contribution in [0.1, 0.15) is 5.56 Å². The van der Waals surface area contributed by atoms with E-state index < -0.39 is 0 Å². The van der Waals surface area contributed by atoms with Crippen molar-refractivity contribution in [1.29, 1.82) is 0 Å². The maximum absolute atomic E-state index is 13.1. The van der Waals surface area contributed by atoms with Crippen molar-refractivity contribution in [2.75, 3.05) is 19.7 Å². The molecule has 0 atom stereocenters. The summed E-state index contributed by atoms with van der Waals surface area (Å²) in [6.07, 6.45) is 5.05. The molecule has 1 N–H and O–H groups in total. The first-order valence-corrected chi connectivity index (χ1v) is 4.80. The van der Waals surface area contributed by atoms with Crippen molar-refractivity contribution >= 4 is 0 Å². The summed E-state index contributed by atoms with van der Waals surface area (Å²) in [5.41, 5.74) is 0.578. The van der Waals surface area contributed by atoms with Crippen LogP contribution in [0.2, 0.25) is 0 Å². The monoisotopic (exact) mass is 207 g/mol. The molecule has 0 aliphatic rings. The molecule has 1 aromatic carbocycles. The highest BCUT2D eigenvalue weighted by molar-refractivity contribution is 5.16. The lowest BCUT2D eigenvalue weighted by Crippen LogP contribution is -2.19. The molecule has 2 nitrogen and oxygen atoms in total. The number of hydrogen-bond donors (Lipinski definition) is 1. The zero-order chi connectivity index (χ0) is 10.9. The number of hydrogen-bond acceptors (Lipinski definition) is 2. The van der Waals surface area contributed by atoms with Gasteiger partial charge in [-0.15, -0.1) is 6.42 Å². The second-order valence-electron chi connectivity index (χ2n) is 3.02. The van der Waals surface area contributed by atoms with Crippen molar-refractivity contribution in [3.05, 3.63) is 35.6 Å². The quantitative estimate of drug-likeness (QED) is 0.564. The first-order valence-electron chi connectivity index (χ1n) is 4.80. The molecule has 0 spiro atoms. The standard InChI is InChI=1S/C12H14FNO/c1-2-7-14-8-9-15-10-11-5-3-4-6-12(11)13/h1,3-6,14H,7-10H2. The SMILES string of the molecule is C#CCNCCOCc1ccccc1F. The van der Waals surface area contributed by atoms with Gasteiger partial charge in [-0.3, -0.25) is 0 Å². The summed E-state index contributed by atoms with van der Waals surface area (Å²) >= 11 is 0. The second kappa shape index (κ2) is 6.99. The maximum atomic E-state index is 13.1. The molecule has 80 valence electrons. The first-order chi connectivity index (χ1) is 7.34. The Kier molecular flexibility index (Phi) is 5.46. The second-order valence-corrected chi connectivity index (χ2v) is 3.02. The predicted molar refractivity (Wildman–Crippen MR) is 57.8 cm³/mol. The minimum Gasteiger partial charge on any atom is -0.375 e. The van der Waals surface area contributed by atoms with Crippen molar-refractivity contribution in [2.24, 2.45) is 0 Å². The highest BCUT2D eigenvalue weighted by Gasteiger charge is 1.99. The predicted octanol–water partition coefficient (Wildman–Crippen LogP) is 1.57. The summed E-state index contributed by atoms with van der Waals surface area (Å²) in [6, 6.07) is 6.59. The molecule has 0 aliphatic heterocycles. The molecule has 1 rings (SSSR count). The average Bonchev–Trinajstić information content (AvgIpc) is 2.25. The van der Waals surface area contributed by atoms with Crippen LogP contribution in [-0.2, 0) is 11.3 Å². The third kappa shape index (κ3) is 4.59. The van der Waals surface area contributed by atoms with Gasteiger partial charge >= 0.3 is 0 Å². The van der Waals surface area contributed by atoms with E-state index in [-0.39, 0.29) is 5.82 Å². The fourth-order valence-electron chi connectivity index (χ4n) is 1.10. The molecule has 0 unspecified atom stereocenters. The average molecular weight is 207 g/mol. The molecule has 0 saturated heterocycles. The van der Waals surface area contributed by atoms with Crippen molar-refractivity contribution in [2.45, 2.75) is 6.61 Å². The largest absolute Gasteiger partial charge is 0.375 e. The van der Waals surface area contributed by atoms with Crippen LogP contribution in [0.25, 0.3) is 0 Å². The lowest BCUT2D eigenvalue weighted by Gasteiger charge is -2.05. The summed E-state index contributed by atoms with van der Waals surface area (Å²) in [5, 5.41) is 2.98. The van der Waals surface area contributed by atoms with Crippen LogP contribution in [0.5, 0.6) is 0 Å². The maximum Gasteiger partial charge on any atom is 0.128 e. The molecular formula is C12H14FNO. The zero-order valence-corrected chi connectivity index (χ0v) is 8.50. The third-order valence-corrected chi connectivity index (χ3v) is 1.87. The molecule has 1 aromatic rings. The van der Waals surface area contributed by atoms with Crippen LogP contribution in [0, 0.1) is 18.2 Å². The van der Waals surface area contributed by atoms with E-state index in [2.05, 4.69) is 11.2 Å². The number of halogens is 1. The molecule has 0 aromatic heterocycles. The topological polar surface area (TPSA) is 21.3 Å². The minimum atomic E-state index is -0.228. The fourth-order valence-corrected chi connectivity index (χ4v) is 1.10. The van der Waals surface area contributed by atoms with Crippen molar-refractivity contribution in [3.8, 4) is 12.3 Å². The van der Waals surface area contributed by atoms with Crippen LogP contribution in [0.3, 0.4) is 0 Å². The van der Waals surface area contributed by atoms with Gasteiger partial charge in [0.05, 0.1) is 19.8 Å². The van der Waals surface area contributed by atoms with Gasteiger partial charge in [0.2, 0.25) is 0 Å². The Bertz CT molecular complexity index is 333. The molecule has 0 amide bonds. The Hall–Kier alpha value is -1.37. The summed E-state index contributed by atoms with van der Waals surface area (Å²) < 4.78 is 18.4. The van der Waals surface area contributed by atoms with E-state index in [1.54, 1.807) is 18.2 Å². The molecule has 0 heterocycles. The molecule has 0 saturated carbocycles. The Labute approximate surface area is 89.4 Å². The van der Waals surface area contributed by atoms with Gasteiger partial charge in [-0.1, -0.05) is 24.1 Å². The van der Waals surface area contributed by atoms with E-state index in [9.17, 15) is 4.39 Å². The van der Waals surface area contributed by atoms with Gasteiger partial charge < -0.3 is 10.1 Å². The lowest BCUT2D eigenvalue weighted by molar-refractivity contribution is 0.121. The van der Waals surface area contributed by atoms with Gasteiger partial charge in [-0.2, -0.15) is 0 Å². The van der Waals surface area contributed by atoms with E-state index in [1.165, 1.54) is 6.07 Å². The summed E-state index contributed by atoms with van der Waals surface area (Å²) in [5.74, 6) is 2.23. The fraction of sp³-hybridized carbons (Fsp3) is 0.333. The smallest absolute Gasteiger partial charge is 0.128 e. The molecular weight excluding hydrogens is 193 g/mol. The van der Waals surface area contributed by atoms with Gasteiger partial charge in [0.25, 0.3) is 0 Å². The van der Waals surface area contributed by atoms with E-state index >= 15 is 0 Å². The molecule has 0 radical (unpaired) electrons. The van der Waals surface area contributed by atoms with Crippen molar-refractivity contribution in [1.82, 2.24) is 5.32 Å². The Balaban J connectivity index is 2.16. The summed E-state index contributed by atoms with van der Waals surface area (Å²) in [4.78, 5) is 0. The van der Waals surface area contributed by atoms with Gasteiger partial charge in [0, 0.05) is 12.1 Å². The molecule has 0 aliphatic carbocycles. The summed E-state index contributed by atoms with van der Waals surface area (Å²) in [7, 11) is 0. The first kappa shape index (κ1) is 11.7. The van der Waals surface area contributed by atoms with Crippen LogP contribution < -0.4 is 5.32 Å². The van der Waals surface area contributed by atoms with Crippen LogP contribution in [-0.4, -0.2) is 19.7 Å². The van der Waals surface area contributed by atoms with Crippen LogP contribution >= 0.6 is 0 Å². The lowest BCUT2D eigenvalue weighted by atomic mass is 10.2. The van der Waals surface area contributed by atoms with Crippen molar-refractivity contribution < 1.29 is 9.13 Å². The Morgan fingerprint density at radius 2 is 2.20 bits per heavy atom.